The van der Waals surface area contributed by atoms with Crippen LogP contribution in [0.25, 0.3) is 16.9 Å². The second-order valence-electron chi connectivity index (χ2n) is 5.13. The van der Waals surface area contributed by atoms with E-state index in [1.807, 2.05) is 59.2 Å². The highest BCUT2D eigenvalue weighted by Crippen LogP contribution is 2.30. The molecule has 3 N–H and O–H groups in total. The maximum atomic E-state index is 11.5. The number of hydrogen-bond donors (Lipinski definition) is 2. The Hall–Kier alpha value is -3.01. The van der Waals surface area contributed by atoms with Crippen LogP contribution in [0.1, 0.15) is 16.1 Å². The van der Waals surface area contributed by atoms with Crippen LogP contribution in [0.15, 0.2) is 60.7 Å². The van der Waals surface area contributed by atoms with Crippen LogP contribution in [0.4, 0.5) is 5.69 Å². The molecule has 1 heterocycles. The maximum Gasteiger partial charge on any atom is 0.337 e. The van der Waals surface area contributed by atoms with Crippen molar-refractivity contribution in [1.29, 1.82) is 0 Å². The van der Waals surface area contributed by atoms with Crippen molar-refractivity contribution < 1.29 is 9.90 Å². The van der Waals surface area contributed by atoms with Gasteiger partial charge in [-0.3, -0.25) is 0 Å². The summed E-state index contributed by atoms with van der Waals surface area (Å²) in [5.74, 6) is -0.933. The second-order valence-corrected chi connectivity index (χ2v) is 5.13. The lowest BCUT2D eigenvalue weighted by atomic mass is 10.1. The minimum absolute atomic E-state index is 0.293. The number of nitrogens with two attached hydrogens (primary N) is 1. The zero-order chi connectivity index (χ0) is 15.7. The fourth-order valence-corrected chi connectivity index (χ4v) is 2.64. The summed E-state index contributed by atoms with van der Waals surface area (Å²) >= 11 is 0. The predicted octanol–water partition coefficient (Wildman–Crippen LogP) is 3.73. The lowest BCUT2D eigenvalue weighted by Gasteiger charge is -2.12. The van der Waals surface area contributed by atoms with Gasteiger partial charge in [-0.15, -0.1) is 0 Å². The van der Waals surface area contributed by atoms with E-state index < -0.39 is 5.97 Å². The van der Waals surface area contributed by atoms with E-state index in [2.05, 4.69) is 0 Å². The Morgan fingerprint density at radius 2 is 1.77 bits per heavy atom. The number of aromatic nitrogens is 1. The number of hydrogen-bond acceptors (Lipinski definition) is 2. The van der Waals surface area contributed by atoms with Gasteiger partial charge >= 0.3 is 5.97 Å². The van der Waals surface area contributed by atoms with Gasteiger partial charge in [0.25, 0.3) is 0 Å². The molecule has 0 unspecified atom stereocenters. The van der Waals surface area contributed by atoms with E-state index in [9.17, 15) is 9.90 Å². The van der Waals surface area contributed by atoms with Gasteiger partial charge in [-0.25, -0.2) is 4.79 Å². The standard InChI is InChI=1S/C18H16N2O2/c1-12-16(18(21)22)11-17(13-6-3-2-4-7-13)20(12)15-9-5-8-14(19)10-15/h2-11H,19H2,1H3,(H,21,22). The molecule has 0 spiro atoms. The number of benzene rings is 2. The monoisotopic (exact) mass is 292 g/mol. The number of nitrogens with zero attached hydrogens (tertiary/aromatic N) is 1. The van der Waals surface area contributed by atoms with Crippen LogP contribution in [0, 0.1) is 6.92 Å². The van der Waals surface area contributed by atoms with Gasteiger partial charge in [-0.05, 0) is 36.8 Å². The van der Waals surface area contributed by atoms with Crippen molar-refractivity contribution in [3.8, 4) is 16.9 Å². The Kier molecular flexibility index (Phi) is 3.43. The largest absolute Gasteiger partial charge is 0.478 e. The minimum atomic E-state index is -0.933. The van der Waals surface area contributed by atoms with Crippen molar-refractivity contribution in [3.05, 3.63) is 71.9 Å². The van der Waals surface area contributed by atoms with Crippen molar-refractivity contribution in [2.75, 3.05) is 5.73 Å². The predicted molar refractivity (Wildman–Crippen MR) is 87.3 cm³/mol. The molecule has 0 aliphatic rings. The summed E-state index contributed by atoms with van der Waals surface area (Å²) in [5, 5.41) is 9.41. The summed E-state index contributed by atoms with van der Waals surface area (Å²) in [6.07, 6.45) is 0. The molecule has 4 nitrogen and oxygen atoms in total. The molecule has 0 saturated heterocycles. The summed E-state index contributed by atoms with van der Waals surface area (Å²) in [6, 6.07) is 18.9. The van der Waals surface area contributed by atoms with Crippen molar-refractivity contribution in [3.63, 3.8) is 0 Å². The lowest BCUT2D eigenvalue weighted by molar-refractivity contribution is 0.0696. The highest BCUT2D eigenvalue weighted by Gasteiger charge is 2.18. The van der Waals surface area contributed by atoms with Crippen LogP contribution in [0.5, 0.6) is 0 Å². The average Bonchev–Trinajstić information content (AvgIpc) is 2.86. The molecule has 0 amide bonds. The molecule has 0 fully saturated rings. The highest BCUT2D eigenvalue weighted by molar-refractivity contribution is 5.91. The van der Waals surface area contributed by atoms with E-state index in [1.54, 1.807) is 13.0 Å². The Morgan fingerprint density at radius 1 is 1.05 bits per heavy atom. The first-order chi connectivity index (χ1) is 10.6. The van der Waals surface area contributed by atoms with Crippen molar-refractivity contribution in [2.24, 2.45) is 0 Å². The van der Waals surface area contributed by atoms with Crippen LogP contribution in [0.2, 0.25) is 0 Å². The van der Waals surface area contributed by atoms with Crippen LogP contribution < -0.4 is 5.73 Å². The van der Waals surface area contributed by atoms with Crippen molar-refractivity contribution >= 4 is 11.7 Å². The maximum absolute atomic E-state index is 11.5. The molecule has 110 valence electrons. The normalized spacial score (nSPS) is 10.6. The molecule has 0 bridgehead atoms. The molecule has 3 rings (SSSR count). The smallest absolute Gasteiger partial charge is 0.337 e. The van der Waals surface area contributed by atoms with Gasteiger partial charge in [-0.2, -0.15) is 0 Å². The first-order valence-electron chi connectivity index (χ1n) is 6.95. The summed E-state index contributed by atoms with van der Waals surface area (Å²) < 4.78 is 1.93. The zero-order valence-electron chi connectivity index (χ0n) is 12.2. The molecule has 0 radical (unpaired) electrons. The molecule has 0 aliphatic heterocycles. The Bertz CT molecular complexity index is 836. The van der Waals surface area contributed by atoms with Crippen molar-refractivity contribution in [1.82, 2.24) is 4.57 Å². The number of rotatable bonds is 3. The molecule has 0 atom stereocenters. The molecule has 1 aromatic heterocycles. The van der Waals surface area contributed by atoms with Gasteiger partial charge in [-0.1, -0.05) is 36.4 Å². The van der Waals surface area contributed by atoms with Gasteiger partial charge in [0.2, 0.25) is 0 Å². The Labute approximate surface area is 128 Å². The molecule has 3 aromatic rings. The Balaban J connectivity index is 2.30. The van der Waals surface area contributed by atoms with Gasteiger partial charge in [0.05, 0.1) is 11.3 Å². The molecular formula is C18H16N2O2. The SMILES string of the molecule is Cc1c(C(=O)O)cc(-c2ccccc2)n1-c1cccc(N)c1. The number of aromatic carboxylic acids is 1. The number of carbonyl (C=O) groups is 1. The molecular weight excluding hydrogens is 276 g/mol. The molecule has 4 heteroatoms. The minimum Gasteiger partial charge on any atom is -0.478 e. The van der Waals surface area contributed by atoms with E-state index in [4.69, 9.17) is 5.73 Å². The topological polar surface area (TPSA) is 68.2 Å². The third kappa shape index (κ3) is 2.35. The van der Waals surface area contributed by atoms with E-state index in [-0.39, 0.29) is 0 Å². The number of carboxylic acid groups (broad SMARTS) is 1. The third-order valence-corrected chi connectivity index (χ3v) is 3.68. The van der Waals surface area contributed by atoms with Gasteiger partial charge in [0.1, 0.15) is 0 Å². The average molecular weight is 292 g/mol. The quantitative estimate of drug-likeness (QED) is 0.723. The number of carboxylic acids is 1. The van der Waals surface area contributed by atoms with E-state index in [0.717, 1.165) is 16.9 Å². The fourth-order valence-electron chi connectivity index (χ4n) is 2.64. The van der Waals surface area contributed by atoms with Gasteiger partial charge < -0.3 is 15.4 Å². The first-order valence-corrected chi connectivity index (χ1v) is 6.95. The summed E-state index contributed by atoms with van der Waals surface area (Å²) in [7, 11) is 0. The lowest BCUT2D eigenvalue weighted by Crippen LogP contribution is -2.03. The highest BCUT2D eigenvalue weighted by atomic mass is 16.4. The van der Waals surface area contributed by atoms with E-state index in [1.165, 1.54) is 0 Å². The number of nitrogen functional groups attached to an aromatic ring is 1. The fraction of sp³-hybridized carbons (Fsp3) is 0.0556. The summed E-state index contributed by atoms with van der Waals surface area (Å²) in [6.45, 7) is 1.80. The van der Waals surface area contributed by atoms with Gasteiger partial charge in [0.15, 0.2) is 0 Å². The van der Waals surface area contributed by atoms with Crippen molar-refractivity contribution in [2.45, 2.75) is 6.92 Å². The molecule has 0 saturated carbocycles. The van der Waals surface area contributed by atoms with E-state index in [0.29, 0.717) is 16.9 Å². The summed E-state index contributed by atoms with van der Waals surface area (Å²) in [4.78, 5) is 11.5. The molecule has 22 heavy (non-hydrogen) atoms. The Morgan fingerprint density at radius 3 is 2.41 bits per heavy atom. The second kappa shape index (κ2) is 5.41. The van der Waals surface area contributed by atoms with Crippen LogP contribution in [-0.2, 0) is 0 Å². The van der Waals surface area contributed by atoms with E-state index >= 15 is 0 Å². The summed E-state index contributed by atoms with van der Waals surface area (Å²) in [5.41, 5.74) is 10.1. The molecule has 2 aromatic carbocycles. The molecule has 0 aliphatic carbocycles. The van der Waals surface area contributed by atoms with Crippen LogP contribution in [-0.4, -0.2) is 15.6 Å². The van der Waals surface area contributed by atoms with Crippen LogP contribution in [0.3, 0.4) is 0 Å². The van der Waals surface area contributed by atoms with Gasteiger partial charge in [0, 0.05) is 17.1 Å². The zero-order valence-corrected chi connectivity index (χ0v) is 12.2. The number of anilines is 1. The third-order valence-electron chi connectivity index (χ3n) is 3.68. The first kappa shape index (κ1) is 13.9. The van der Waals surface area contributed by atoms with Crippen LogP contribution >= 0.6 is 0 Å².